The minimum Gasteiger partial charge on any atom is -0.309 e. The molecule has 0 amide bonds. The second-order valence-electron chi connectivity index (χ2n) is 7.76. The van der Waals surface area contributed by atoms with Crippen molar-refractivity contribution in [2.75, 3.05) is 11.1 Å². The highest BCUT2D eigenvalue weighted by Crippen LogP contribution is 2.37. The number of aromatic nitrogens is 7. The second-order valence-corrected chi connectivity index (χ2v) is 8.80. The van der Waals surface area contributed by atoms with Gasteiger partial charge in [-0.3, -0.25) is 9.08 Å². The van der Waals surface area contributed by atoms with Crippen LogP contribution in [0.3, 0.4) is 0 Å². The lowest BCUT2D eigenvalue weighted by Gasteiger charge is -2.22. The molecule has 0 spiro atoms. The number of hydrogen-bond acceptors (Lipinski definition) is 7. The maximum absolute atomic E-state index is 4.71. The molecular formula is C23H20N8S. The van der Waals surface area contributed by atoms with Crippen LogP contribution in [0.2, 0.25) is 0 Å². The average molecular weight is 441 g/mol. The second kappa shape index (κ2) is 7.76. The van der Waals surface area contributed by atoms with E-state index in [2.05, 4.69) is 66.4 Å². The molecule has 1 aromatic carbocycles. The minimum absolute atomic E-state index is 0.337. The van der Waals surface area contributed by atoms with Gasteiger partial charge in [0.2, 0.25) is 5.95 Å². The molecule has 5 aromatic rings. The number of rotatable bonds is 5. The number of aryl methyl sites for hydroxylation is 1. The maximum Gasteiger partial charge on any atom is 0.228 e. The summed E-state index contributed by atoms with van der Waals surface area (Å²) in [5, 5.41) is 17.6. The van der Waals surface area contributed by atoms with Crippen LogP contribution < -0.4 is 5.32 Å². The molecule has 0 unspecified atom stereocenters. The maximum atomic E-state index is 4.71. The van der Waals surface area contributed by atoms with Crippen LogP contribution in [0.25, 0.3) is 16.9 Å². The van der Waals surface area contributed by atoms with Crippen LogP contribution in [0.5, 0.6) is 0 Å². The van der Waals surface area contributed by atoms with Crippen molar-refractivity contribution in [3.63, 3.8) is 0 Å². The molecule has 158 valence electrons. The number of thioether (sulfide) groups is 1. The zero-order valence-corrected chi connectivity index (χ0v) is 18.2. The van der Waals surface area contributed by atoms with Crippen molar-refractivity contribution in [2.24, 2.45) is 7.05 Å². The van der Waals surface area contributed by atoms with Crippen molar-refractivity contribution in [1.82, 2.24) is 34.3 Å². The number of nitrogens with zero attached hydrogens (tertiary/aromatic N) is 7. The quantitative estimate of drug-likeness (QED) is 0.440. The third-order valence-corrected chi connectivity index (χ3v) is 6.80. The van der Waals surface area contributed by atoms with Crippen LogP contribution in [0.1, 0.15) is 17.3 Å². The molecule has 0 saturated heterocycles. The van der Waals surface area contributed by atoms with Gasteiger partial charge in [-0.05, 0) is 30.2 Å². The fourth-order valence-electron chi connectivity index (χ4n) is 4.03. The summed E-state index contributed by atoms with van der Waals surface area (Å²) in [5.41, 5.74) is 4.00. The molecule has 4 aromatic heterocycles. The summed E-state index contributed by atoms with van der Waals surface area (Å²) in [4.78, 5) is 9.06. The molecule has 0 fully saturated rings. The molecule has 1 atom stereocenters. The lowest BCUT2D eigenvalue weighted by atomic mass is 10.00. The summed E-state index contributed by atoms with van der Waals surface area (Å²) in [6.45, 7) is 0. The van der Waals surface area contributed by atoms with E-state index in [0.717, 1.165) is 45.7 Å². The summed E-state index contributed by atoms with van der Waals surface area (Å²) < 4.78 is 3.92. The zero-order chi connectivity index (χ0) is 21.5. The molecule has 6 rings (SSSR count). The van der Waals surface area contributed by atoms with Crippen LogP contribution in [0, 0.1) is 0 Å². The Morgan fingerprint density at radius 2 is 1.97 bits per heavy atom. The molecule has 0 saturated carbocycles. The Kier molecular flexibility index (Phi) is 4.61. The topological polar surface area (TPSA) is 85.8 Å². The lowest BCUT2D eigenvalue weighted by molar-refractivity contribution is 0.670. The summed E-state index contributed by atoms with van der Waals surface area (Å²) in [7, 11) is 1.87. The Bertz CT molecular complexity index is 1410. The largest absolute Gasteiger partial charge is 0.309 e. The zero-order valence-electron chi connectivity index (χ0n) is 17.4. The molecule has 32 heavy (non-hydrogen) atoms. The van der Waals surface area contributed by atoms with Gasteiger partial charge in [-0.25, -0.2) is 9.97 Å². The highest BCUT2D eigenvalue weighted by molar-refractivity contribution is 7.99. The molecule has 1 aliphatic heterocycles. The van der Waals surface area contributed by atoms with Gasteiger partial charge >= 0.3 is 0 Å². The third-order valence-electron chi connectivity index (χ3n) is 5.63. The Morgan fingerprint density at radius 1 is 1.06 bits per heavy atom. The third kappa shape index (κ3) is 3.40. The van der Waals surface area contributed by atoms with Gasteiger partial charge in [0.25, 0.3) is 0 Å². The summed E-state index contributed by atoms with van der Waals surface area (Å²) in [6, 6.07) is 18.6. The fraction of sp³-hybridized carbons (Fsp3) is 0.174. The molecule has 9 heteroatoms. The molecular weight excluding hydrogens is 420 g/mol. The first-order chi connectivity index (χ1) is 15.7. The first kappa shape index (κ1) is 19.0. The van der Waals surface area contributed by atoms with Crippen molar-refractivity contribution < 1.29 is 0 Å². The monoisotopic (exact) mass is 440 g/mol. The van der Waals surface area contributed by atoms with Gasteiger partial charge in [-0.15, -0.1) is 22.0 Å². The molecule has 1 N–H and O–H groups in total. The predicted molar refractivity (Wildman–Crippen MR) is 124 cm³/mol. The van der Waals surface area contributed by atoms with E-state index >= 15 is 0 Å². The highest BCUT2D eigenvalue weighted by atomic mass is 32.2. The molecule has 8 nitrogen and oxygen atoms in total. The van der Waals surface area contributed by atoms with Crippen molar-refractivity contribution >= 4 is 29.2 Å². The van der Waals surface area contributed by atoms with E-state index in [1.165, 1.54) is 5.56 Å². The van der Waals surface area contributed by atoms with E-state index in [9.17, 15) is 0 Å². The normalized spacial score (nSPS) is 15.2. The van der Waals surface area contributed by atoms with Gasteiger partial charge in [0, 0.05) is 36.5 Å². The van der Waals surface area contributed by atoms with E-state index in [1.807, 2.05) is 37.0 Å². The smallest absolute Gasteiger partial charge is 0.228 e. The number of anilines is 2. The SMILES string of the molecule is Cn1nccc1Nc1nccc(-c2cc3n4c(nnc4c2)[C@@H](Cc2ccccc2)CS3)n1. The van der Waals surface area contributed by atoms with E-state index in [1.54, 1.807) is 17.1 Å². The van der Waals surface area contributed by atoms with Crippen LogP contribution in [0.4, 0.5) is 11.8 Å². The molecule has 1 aliphatic rings. The first-order valence-electron chi connectivity index (χ1n) is 10.4. The summed E-state index contributed by atoms with van der Waals surface area (Å²) in [5.74, 6) is 3.70. The average Bonchev–Trinajstić information content (AvgIpc) is 3.44. The Balaban J connectivity index is 1.33. The van der Waals surface area contributed by atoms with Gasteiger partial charge < -0.3 is 5.32 Å². The predicted octanol–water partition coefficient (Wildman–Crippen LogP) is 4.10. The standard InChI is InChI=1S/C23H20N8S/c1-30-19(8-10-25-30)27-23-24-9-7-18(26-23)16-12-20-28-29-22-17(11-15-5-3-2-4-6-15)14-32-21(13-16)31(20)22/h2-10,12-13,17H,11,14H2,1H3,(H,24,26,27)/t17-/m0/s1. The van der Waals surface area contributed by atoms with E-state index in [-0.39, 0.29) is 0 Å². The van der Waals surface area contributed by atoms with Gasteiger partial charge in [0.1, 0.15) is 11.6 Å². The molecule has 0 aliphatic carbocycles. The van der Waals surface area contributed by atoms with Gasteiger partial charge in [-0.2, -0.15) is 5.10 Å². The lowest BCUT2D eigenvalue weighted by Crippen LogP contribution is -2.15. The fourth-order valence-corrected chi connectivity index (χ4v) is 5.19. The number of pyridine rings is 1. The van der Waals surface area contributed by atoms with Crippen LogP contribution in [-0.2, 0) is 13.5 Å². The molecule has 5 heterocycles. The van der Waals surface area contributed by atoms with Crippen LogP contribution in [-0.4, -0.2) is 40.1 Å². The Hall–Kier alpha value is -3.72. The Morgan fingerprint density at radius 3 is 2.81 bits per heavy atom. The summed E-state index contributed by atoms with van der Waals surface area (Å²) in [6.07, 6.45) is 4.45. The molecule has 0 radical (unpaired) electrons. The van der Waals surface area contributed by atoms with E-state index in [0.29, 0.717) is 11.9 Å². The highest BCUT2D eigenvalue weighted by Gasteiger charge is 2.26. The van der Waals surface area contributed by atoms with Crippen LogP contribution in [0.15, 0.2) is 72.0 Å². The van der Waals surface area contributed by atoms with Crippen molar-refractivity contribution in [2.45, 2.75) is 17.4 Å². The van der Waals surface area contributed by atoms with Crippen LogP contribution >= 0.6 is 11.8 Å². The number of hydrogen-bond donors (Lipinski definition) is 1. The van der Waals surface area contributed by atoms with Gasteiger partial charge in [0.05, 0.1) is 16.9 Å². The van der Waals surface area contributed by atoms with E-state index < -0.39 is 0 Å². The Labute approximate surface area is 188 Å². The molecule has 0 bridgehead atoms. The number of nitrogens with one attached hydrogen (secondary N) is 1. The number of benzene rings is 1. The van der Waals surface area contributed by atoms with E-state index in [4.69, 9.17) is 4.98 Å². The first-order valence-corrected chi connectivity index (χ1v) is 11.4. The van der Waals surface area contributed by atoms with Gasteiger partial charge in [-0.1, -0.05) is 30.3 Å². The summed E-state index contributed by atoms with van der Waals surface area (Å²) >= 11 is 1.84. The van der Waals surface area contributed by atoms with Gasteiger partial charge in [0.15, 0.2) is 5.65 Å². The van der Waals surface area contributed by atoms with Crippen molar-refractivity contribution in [3.8, 4) is 11.3 Å². The van der Waals surface area contributed by atoms with Crippen molar-refractivity contribution in [1.29, 1.82) is 0 Å². The van der Waals surface area contributed by atoms with Crippen molar-refractivity contribution in [3.05, 3.63) is 78.4 Å². The minimum atomic E-state index is 0.337.